The van der Waals surface area contributed by atoms with Crippen molar-refractivity contribution in [2.45, 2.75) is 70.8 Å². The molecule has 0 aliphatic carbocycles. The molecule has 0 aliphatic heterocycles. The molecule has 8 nitrogen and oxygen atoms in total. The number of carbonyl (C=O) groups excluding carboxylic acids is 2. The number of hydrogen-bond donors (Lipinski definition) is 4. The van der Waals surface area contributed by atoms with Crippen molar-refractivity contribution in [1.82, 2.24) is 0 Å². The Labute approximate surface area is 332 Å². The Balaban J connectivity index is 1.97. The molecule has 0 saturated carbocycles. The predicted octanol–water partition coefficient (Wildman–Crippen LogP) is 11.5. The van der Waals surface area contributed by atoms with Crippen LogP contribution in [0.1, 0.15) is 98.3 Å². The van der Waals surface area contributed by atoms with Crippen molar-refractivity contribution in [3.63, 3.8) is 0 Å². The van der Waals surface area contributed by atoms with E-state index in [2.05, 4.69) is 5.32 Å². The highest BCUT2D eigenvalue weighted by Gasteiger charge is 2.72. The van der Waals surface area contributed by atoms with Crippen molar-refractivity contribution in [1.29, 1.82) is 0 Å². The number of halogens is 12. The van der Waals surface area contributed by atoms with Crippen LogP contribution < -0.4 is 10.6 Å². The van der Waals surface area contributed by atoms with Gasteiger partial charge in [-0.15, -0.1) is 0 Å². The molecule has 0 bridgehead atoms. The first-order valence-electron chi connectivity index (χ1n) is 17.2. The molecule has 0 saturated heterocycles. The first-order chi connectivity index (χ1) is 27.2. The molecular weight excluding hydrogens is 832 g/mol. The van der Waals surface area contributed by atoms with Crippen LogP contribution in [0.25, 0.3) is 11.1 Å². The van der Waals surface area contributed by atoms with Crippen molar-refractivity contribution in [3.05, 3.63) is 117 Å². The van der Waals surface area contributed by atoms with E-state index in [1.807, 2.05) is 0 Å². The largest absolute Gasteiger partial charge is 0.478 e. The lowest BCUT2D eigenvalue weighted by atomic mass is 9.70. The third-order valence-electron chi connectivity index (χ3n) is 9.04. The van der Waals surface area contributed by atoms with E-state index >= 15 is 26.3 Å². The molecule has 0 radical (unpaired) electrons. The van der Waals surface area contributed by atoms with Crippen LogP contribution in [0, 0.1) is 5.41 Å². The van der Waals surface area contributed by atoms with Gasteiger partial charge in [-0.1, -0.05) is 45.0 Å². The second-order valence-corrected chi connectivity index (χ2v) is 14.7. The van der Waals surface area contributed by atoms with Crippen molar-refractivity contribution >= 4 is 35.0 Å². The van der Waals surface area contributed by atoms with Crippen molar-refractivity contribution in [2.24, 2.45) is 5.41 Å². The number of carboxylic acids is 2. The number of rotatable bonds is 10. The van der Waals surface area contributed by atoms with Gasteiger partial charge in [-0.05, 0) is 84.6 Å². The van der Waals surface area contributed by atoms with E-state index in [1.54, 1.807) is 19.2 Å². The second-order valence-electron chi connectivity index (χ2n) is 14.7. The number of hydrogen-bond acceptors (Lipinski definition) is 5. The van der Waals surface area contributed by atoms with E-state index in [0.717, 1.165) is 12.1 Å². The summed E-state index contributed by atoms with van der Waals surface area (Å²) >= 11 is 0. The van der Waals surface area contributed by atoms with Gasteiger partial charge < -0.3 is 20.8 Å². The smallest absolute Gasteiger partial charge is 0.417 e. The summed E-state index contributed by atoms with van der Waals surface area (Å²) in [7, 11) is 0. The van der Waals surface area contributed by atoms with Gasteiger partial charge in [0.2, 0.25) is 5.41 Å². The minimum absolute atomic E-state index is 0.0638. The minimum atomic E-state index is -6.44. The Kier molecular flexibility index (Phi) is 12.3. The highest BCUT2D eigenvalue weighted by atomic mass is 19.4. The molecular formula is C40H32F12N2O6. The molecule has 0 heterocycles. The Bertz CT molecular complexity index is 2340. The van der Waals surface area contributed by atoms with E-state index in [1.165, 1.54) is 20.8 Å². The average molecular weight is 865 g/mol. The topological polar surface area (TPSA) is 133 Å². The maximum atomic E-state index is 15.2. The fourth-order valence-electron chi connectivity index (χ4n) is 6.42. The van der Waals surface area contributed by atoms with Crippen LogP contribution in [0.4, 0.5) is 64.1 Å². The van der Waals surface area contributed by atoms with Gasteiger partial charge in [0, 0.05) is 28.4 Å². The number of benzene rings is 4. The summed E-state index contributed by atoms with van der Waals surface area (Å²) in [6.45, 7) is 6.79. The molecule has 0 aromatic heterocycles. The zero-order valence-corrected chi connectivity index (χ0v) is 31.6. The number of carboxylic acid groups (broad SMARTS) is 2. The van der Waals surface area contributed by atoms with Gasteiger partial charge in [0.1, 0.15) is 0 Å². The van der Waals surface area contributed by atoms with Gasteiger partial charge in [0.25, 0.3) is 5.91 Å². The number of ketones is 1. The zero-order valence-electron chi connectivity index (χ0n) is 31.6. The van der Waals surface area contributed by atoms with Gasteiger partial charge in [-0.25, -0.2) is 9.59 Å². The van der Waals surface area contributed by atoms with E-state index in [9.17, 15) is 55.7 Å². The van der Waals surface area contributed by atoms with Crippen molar-refractivity contribution in [2.75, 3.05) is 10.6 Å². The minimum Gasteiger partial charge on any atom is -0.478 e. The van der Waals surface area contributed by atoms with Crippen LogP contribution in [0.5, 0.6) is 0 Å². The van der Waals surface area contributed by atoms with Crippen LogP contribution >= 0.6 is 0 Å². The third-order valence-corrected chi connectivity index (χ3v) is 9.04. The fourth-order valence-corrected chi connectivity index (χ4v) is 6.42. The van der Waals surface area contributed by atoms with Gasteiger partial charge in [-0.3, -0.25) is 9.59 Å². The number of alkyl halides is 12. The Morgan fingerprint density at radius 3 is 1.32 bits per heavy atom. The standard InChI is InChI=1S/C40H32F12N2O6/c1-18(2)53-21-8-12-23(29(16-21)37(41,42)43)24-13-9-22(17-30(24)38(44,45)46)54-32(56)28-15-20(7-11-26(28)34(59)60)36(39(47,48)49,40(50,51)52)19-6-10-25(33(57)58)27(14-19)31(55)35(3,4)5/h6-18,53H,1-5H3,(H,54,56)(H,57,58)(H,59,60). The molecule has 20 heteroatoms. The lowest BCUT2D eigenvalue weighted by Gasteiger charge is -2.39. The summed E-state index contributed by atoms with van der Waals surface area (Å²) in [6, 6.07) is 3.96. The van der Waals surface area contributed by atoms with Crippen molar-refractivity contribution < 1.29 is 82.1 Å². The normalized spacial score (nSPS) is 13.0. The molecule has 0 fully saturated rings. The molecule has 4 aromatic carbocycles. The van der Waals surface area contributed by atoms with Crippen LogP contribution in [0.2, 0.25) is 0 Å². The maximum Gasteiger partial charge on any atom is 0.417 e. The summed E-state index contributed by atoms with van der Waals surface area (Å²) in [5, 5.41) is 23.9. The lowest BCUT2D eigenvalue weighted by molar-refractivity contribution is -0.288. The quantitative estimate of drug-likeness (QED) is 0.0921. The number of amides is 1. The fraction of sp³-hybridized carbons (Fsp3) is 0.300. The van der Waals surface area contributed by atoms with E-state index in [4.69, 9.17) is 0 Å². The molecule has 0 unspecified atom stereocenters. The molecule has 4 rings (SSSR count). The highest BCUT2D eigenvalue weighted by molar-refractivity contribution is 6.11. The van der Waals surface area contributed by atoms with Gasteiger partial charge >= 0.3 is 36.6 Å². The Morgan fingerprint density at radius 1 is 0.533 bits per heavy atom. The number of nitrogens with one attached hydrogen (secondary N) is 2. The number of anilines is 2. The average Bonchev–Trinajstić information content (AvgIpc) is 3.08. The molecule has 4 N–H and O–H groups in total. The molecule has 0 spiro atoms. The van der Waals surface area contributed by atoms with Crippen LogP contribution in [0.15, 0.2) is 72.8 Å². The maximum absolute atomic E-state index is 15.2. The molecule has 60 heavy (non-hydrogen) atoms. The lowest BCUT2D eigenvalue weighted by Crippen LogP contribution is -2.55. The summed E-state index contributed by atoms with van der Waals surface area (Å²) < 4.78 is 177. The molecule has 322 valence electrons. The van der Waals surface area contributed by atoms with Crippen molar-refractivity contribution in [3.8, 4) is 11.1 Å². The number of carbonyl (C=O) groups is 4. The monoisotopic (exact) mass is 864 g/mol. The van der Waals surface area contributed by atoms with E-state index in [0.29, 0.717) is 24.3 Å². The molecule has 0 aliphatic rings. The van der Waals surface area contributed by atoms with Gasteiger partial charge in [0.15, 0.2) is 5.78 Å². The molecule has 0 atom stereocenters. The third kappa shape index (κ3) is 9.06. The van der Waals surface area contributed by atoms with Crippen LogP contribution in [-0.4, -0.2) is 52.2 Å². The summed E-state index contributed by atoms with van der Waals surface area (Å²) in [5.41, 5.74) is -21.4. The summed E-state index contributed by atoms with van der Waals surface area (Å²) in [6.07, 6.45) is -23.5. The van der Waals surface area contributed by atoms with Crippen LogP contribution in [-0.2, 0) is 17.8 Å². The summed E-state index contributed by atoms with van der Waals surface area (Å²) in [5.74, 6) is -7.02. The first-order valence-corrected chi connectivity index (χ1v) is 17.2. The number of Topliss-reactive ketones (excluding diaryl/α,β-unsaturated/α-hetero) is 1. The van der Waals surface area contributed by atoms with Gasteiger partial charge in [0.05, 0.1) is 27.8 Å². The van der Waals surface area contributed by atoms with Crippen LogP contribution in [0.3, 0.4) is 0 Å². The molecule has 4 aromatic rings. The number of aromatic carboxylic acids is 2. The molecule has 1 amide bonds. The van der Waals surface area contributed by atoms with E-state index in [-0.39, 0.29) is 48.1 Å². The summed E-state index contributed by atoms with van der Waals surface area (Å²) in [4.78, 5) is 50.8. The zero-order chi connectivity index (χ0) is 45.7. The Hall–Kier alpha value is -6.08. The highest BCUT2D eigenvalue weighted by Crippen LogP contribution is 2.57. The van der Waals surface area contributed by atoms with E-state index < -0.39 is 120 Å². The Morgan fingerprint density at radius 2 is 0.933 bits per heavy atom. The second kappa shape index (κ2) is 15.8. The predicted molar refractivity (Wildman–Crippen MR) is 192 cm³/mol. The SMILES string of the molecule is CC(C)Nc1ccc(-c2ccc(NC(=O)c3cc(C(c4ccc(C(=O)O)c(C(=O)C(C)(C)C)c4)(C(F)(F)F)C(F)(F)F)ccc3C(=O)O)cc2C(F)(F)F)c(C(F)(F)F)c1. The first kappa shape index (κ1) is 46.6. The van der Waals surface area contributed by atoms with Gasteiger partial charge in [-0.2, -0.15) is 52.7 Å².